The zero-order chi connectivity index (χ0) is 67.5. The lowest BCUT2D eigenvalue weighted by Gasteiger charge is -2.47. The molecule has 0 spiro atoms. The van der Waals surface area contributed by atoms with Crippen molar-refractivity contribution in [3.63, 3.8) is 0 Å². The molecule has 0 amide bonds. The molecular weight excluding hydrogens is 1220 g/mol. The predicted octanol–water partition coefficient (Wildman–Crippen LogP) is 25.0. The number of hydrogen-bond acceptors (Lipinski definition) is 0. The minimum absolute atomic E-state index is 0.0972. The van der Waals surface area contributed by atoms with E-state index in [0.717, 1.165) is 100 Å². The van der Waals surface area contributed by atoms with Crippen LogP contribution in [-0.2, 0) is 0 Å². The lowest BCUT2D eigenvalue weighted by Crippen LogP contribution is -2.72. The van der Waals surface area contributed by atoms with E-state index in [9.17, 15) is 0 Å². The van der Waals surface area contributed by atoms with Crippen LogP contribution in [0.2, 0.25) is 0 Å². The highest BCUT2D eigenvalue weighted by molar-refractivity contribution is 7.20. The molecule has 1 aliphatic rings. The number of hydrogen-bond donors (Lipinski definition) is 0. The minimum atomic E-state index is -4.71. The van der Waals surface area contributed by atoms with E-state index >= 15 is 0 Å². The third kappa shape index (κ3) is 11.2. The second-order valence-corrected chi connectivity index (χ2v) is 30.0. The maximum Gasteiger partial charge on any atom is 0.180 e. The highest BCUT2D eigenvalue weighted by Crippen LogP contribution is 2.55. The van der Waals surface area contributed by atoms with Crippen LogP contribution in [-0.4, -0.2) is 8.07 Å². The van der Waals surface area contributed by atoms with Gasteiger partial charge in [0.25, 0.3) is 0 Å². The van der Waals surface area contributed by atoms with Crippen molar-refractivity contribution in [2.75, 3.05) is 0 Å². The Labute approximate surface area is 591 Å². The lowest BCUT2D eigenvalue weighted by molar-refractivity contribution is 0.852. The molecule has 0 radical (unpaired) electrons. The standard InChI is InChI=1S/C99H76Si/c1-68-69(2)71(4)96(70(68)3)100(97-90(78-53-29-11-30-54-78)84(72-41-17-5-18-42-72)65-85(73-43-19-6-20-44-73)91(97)79-55-31-12-32-56-79,98-92(80-57-33-13-34-58-80)86(74-45-21-7-22-46-74)66-87(75-47-23-8-24-48-75)93(98)81-59-35-14-36-60-81)99-94(82-61-37-15-38-62-82)88(76-49-25-9-26-50-76)67-89(77-51-27-10-28-52-77)95(99)83-63-39-16-40-64-83/h5-67,70H,1-4H3. The molecule has 0 heterocycles. The first kappa shape index (κ1) is 62.8. The van der Waals surface area contributed by atoms with Crippen LogP contribution in [0.25, 0.3) is 134 Å². The van der Waals surface area contributed by atoms with Gasteiger partial charge in [-0.15, -0.1) is 0 Å². The Morgan fingerprint density at radius 2 is 0.340 bits per heavy atom. The molecule has 0 bridgehead atoms. The Balaban J connectivity index is 1.39. The number of benzene rings is 15. The molecule has 0 N–H and O–H groups in total. The second-order valence-electron chi connectivity index (χ2n) is 26.5. The van der Waals surface area contributed by atoms with Gasteiger partial charge in [-0.05, 0) is 200 Å². The van der Waals surface area contributed by atoms with Crippen molar-refractivity contribution in [3.05, 3.63) is 404 Å². The minimum Gasteiger partial charge on any atom is -0.0636 e. The molecule has 16 rings (SSSR count). The highest BCUT2D eigenvalue weighted by Gasteiger charge is 2.57. The van der Waals surface area contributed by atoms with Crippen LogP contribution in [0.15, 0.2) is 404 Å². The fourth-order valence-corrected chi connectivity index (χ4v) is 23.5. The van der Waals surface area contributed by atoms with E-state index in [1.807, 2.05) is 0 Å². The van der Waals surface area contributed by atoms with Gasteiger partial charge in [0.15, 0.2) is 8.07 Å². The van der Waals surface area contributed by atoms with E-state index in [1.165, 1.54) is 70.9 Å². The van der Waals surface area contributed by atoms with E-state index < -0.39 is 8.07 Å². The topological polar surface area (TPSA) is 0 Å². The summed E-state index contributed by atoms with van der Waals surface area (Å²) in [4.78, 5) is 0. The van der Waals surface area contributed by atoms with E-state index in [2.05, 4.69) is 410 Å². The van der Waals surface area contributed by atoms with Crippen LogP contribution in [0, 0.1) is 5.92 Å². The third-order valence-corrected chi connectivity index (χ3v) is 26.4. The fraction of sp³-hybridized carbons (Fsp3) is 0.0505. The average Bonchev–Trinajstić information content (AvgIpc) is 1.07. The summed E-state index contributed by atoms with van der Waals surface area (Å²) in [5.74, 6) is -0.0972. The maximum absolute atomic E-state index is 4.71. The molecule has 15 aromatic carbocycles. The molecule has 0 fully saturated rings. The molecule has 100 heavy (non-hydrogen) atoms. The van der Waals surface area contributed by atoms with Crippen LogP contribution >= 0.6 is 0 Å². The number of allylic oxidation sites excluding steroid dienone is 4. The Bertz CT molecular complexity index is 4650. The van der Waals surface area contributed by atoms with Gasteiger partial charge in [-0.3, -0.25) is 0 Å². The van der Waals surface area contributed by atoms with Gasteiger partial charge in [-0.1, -0.05) is 387 Å². The van der Waals surface area contributed by atoms with Gasteiger partial charge in [-0.2, -0.15) is 0 Å². The van der Waals surface area contributed by atoms with E-state index in [4.69, 9.17) is 0 Å². The van der Waals surface area contributed by atoms with Crippen molar-refractivity contribution < 1.29 is 0 Å². The normalized spacial score (nSPS) is 13.0. The highest BCUT2D eigenvalue weighted by atomic mass is 28.3. The first-order valence-electron chi connectivity index (χ1n) is 35.1. The predicted molar refractivity (Wildman–Crippen MR) is 429 cm³/mol. The summed E-state index contributed by atoms with van der Waals surface area (Å²) >= 11 is 0. The second kappa shape index (κ2) is 27.5. The summed E-state index contributed by atoms with van der Waals surface area (Å²) in [6.45, 7) is 9.95. The van der Waals surface area contributed by atoms with Crippen LogP contribution in [0.4, 0.5) is 0 Å². The number of rotatable bonds is 16. The lowest BCUT2D eigenvalue weighted by atomic mass is 9.84. The zero-order valence-corrected chi connectivity index (χ0v) is 58.0. The quantitative estimate of drug-likeness (QED) is 0.0668. The van der Waals surface area contributed by atoms with Crippen LogP contribution in [0.1, 0.15) is 27.7 Å². The Hall–Kier alpha value is -12.0. The largest absolute Gasteiger partial charge is 0.180 e. The third-order valence-electron chi connectivity index (χ3n) is 21.0. The Morgan fingerprint density at radius 1 is 0.190 bits per heavy atom. The smallest absolute Gasteiger partial charge is 0.0636 e. The van der Waals surface area contributed by atoms with Crippen molar-refractivity contribution in [2.45, 2.75) is 27.7 Å². The van der Waals surface area contributed by atoms with Crippen molar-refractivity contribution >= 4 is 23.6 Å². The van der Waals surface area contributed by atoms with Crippen molar-refractivity contribution in [2.24, 2.45) is 5.92 Å². The van der Waals surface area contributed by atoms with Crippen LogP contribution in [0.3, 0.4) is 0 Å². The van der Waals surface area contributed by atoms with Crippen LogP contribution in [0.5, 0.6) is 0 Å². The van der Waals surface area contributed by atoms with Crippen molar-refractivity contribution in [3.8, 4) is 134 Å². The van der Waals surface area contributed by atoms with Gasteiger partial charge in [0, 0.05) is 0 Å². The summed E-state index contributed by atoms with van der Waals surface area (Å²) < 4.78 is 0. The fourth-order valence-electron chi connectivity index (χ4n) is 16.4. The van der Waals surface area contributed by atoms with Gasteiger partial charge in [0.1, 0.15) is 0 Å². The first-order chi connectivity index (χ1) is 49.4. The SMILES string of the molecule is CC1=C(C)C(C)C([Si](c2c(-c3ccccc3)c(-c3ccccc3)cc(-c3ccccc3)c2-c2ccccc2)(c2c(-c3ccccc3)c(-c3ccccc3)cc(-c3ccccc3)c2-c2ccccc2)c2c(-c3ccccc3)c(-c3ccccc3)cc(-c3ccccc3)c2-c2ccccc2)=C1C. The van der Waals surface area contributed by atoms with E-state index in [1.54, 1.807) is 0 Å². The molecular formula is C99H76Si. The molecule has 1 unspecified atom stereocenters. The van der Waals surface area contributed by atoms with Gasteiger partial charge in [-0.25, -0.2) is 0 Å². The molecule has 0 aromatic heterocycles. The maximum atomic E-state index is 2.57. The molecule has 476 valence electrons. The van der Waals surface area contributed by atoms with Gasteiger partial charge < -0.3 is 0 Å². The molecule has 0 saturated carbocycles. The molecule has 1 heteroatoms. The molecule has 1 atom stereocenters. The van der Waals surface area contributed by atoms with Crippen molar-refractivity contribution in [1.82, 2.24) is 0 Å². The van der Waals surface area contributed by atoms with Gasteiger partial charge >= 0.3 is 0 Å². The Kier molecular flexibility index (Phi) is 17.3. The van der Waals surface area contributed by atoms with E-state index in [0.29, 0.717) is 0 Å². The molecule has 0 nitrogen and oxygen atoms in total. The molecule has 0 aliphatic heterocycles. The summed E-state index contributed by atoms with van der Waals surface area (Å²) in [7, 11) is -4.71. The molecule has 0 saturated heterocycles. The zero-order valence-electron chi connectivity index (χ0n) is 57.0. The summed E-state index contributed by atoms with van der Waals surface area (Å²) in [6, 6.07) is 145. The van der Waals surface area contributed by atoms with Gasteiger partial charge in [0.05, 0.1) is 0 Å². The van der Waals surface area contributed by atoms with Crippen LogP contribution < -0.4 is 15.6 Å². The van der Waals surface area contributed by atoms with Gasteiger partial charge in [0.2, 0.25) is 0 Å². The molecule has 1 aliphatic carbocycles. The summed E-state index contributed by atoms with van der Waals surface area (Å²) in [5.41, 5.74) is 32.0. The summed E-state index contributed by atoms with van der Waals surface area (Å²) in [5, 5.41) is 5.43. The van der Waals surface area contributed by atoms with Crippen molar-refractivity contribution in [1.29, 1.82) is 0 Å². The molecule has 15 aromatic rings. The monoisotopic (exact) mass is 1290 g/mol. The average molecular weight is 1290 g/mol. The van der Waals surface area contributed by atoms with E-state index in [-0.39, 0.29) is 5.92 Å². The summed E-state index contributed by atoms with van der Waals surface area (Å²) in [6.07, 6.45) is 0. The first-order valence-corrected chi connectivity index (χ1v) is 37.1. The Morgan fingerprint density at radius 3 is 0.480 bits per heavy atom.